The third-order valence-corrected chi connectivity index (χ3v) is 4.82. The molecule has 3 rings (SSSR count). The third kappa shape index (κ3) is 4.87. The molecule has 3 aromatic rings. The van der Waals surface area contributed by atoms with E-state index < -0.39 is 5.97 Å². The number of hydrogen-bond donors (Lipinski definition) is 0. The van der Waals surface area contributed by atoms with Crippen molar-refractivity contribution < 1.29 is 18.7 Å². The molecule has 0 N–H and O–H groups in total. The number of hydrogen-bond acceptors (Lipinski definition) is 6. The van der Waals surface area contributed by atoms with Crippen LogP contribution in [0.1, 0.15) is 28.9 Å². The largest absolute Gasteiger partial charge is 0.462 e. The highest BCUT2D eigenvalue weighted by molar-refractivity contribution is 9.10. The van der Waals surface area contributed by atoms with Crippen LogP contribution in [0.15, 0.2) is 56.9 Å². The molecule has 2 heterocycles. The van der Waals surface area contributed by atoms with Gasteiger partial charge in [-0.15, -0.1) is 11.3 Å². The van der Waals surface area contributed by atoms with Gasteiger partial charge in [-0.1, -0.05) is 28.1 Å². The predicted molar refractivity (Wildman–Crippen MR) is 97.3 cm³/mol. The third-order valence-electron chi connectivity index (χ3n) is 3.39. The molecule has 0 saturated heterocycles. The van der Waals surface area contributed by atoms with E-state index in [2.05, 4.69) is 20.9 Å². The fraction of sp³-hybridized carbons (Fsp3) is 0.167. The second kappa shape index (κ2) is 8.22. The molecule has 0 amide bonds. The molecular weight excluding hydrogens is 406 g/mol. The van der Waals surface area contributed by atoms with Crippen molar-refractivity contribution in [3.8, 4) is 10.8 Å². The summed E-state index contributed by atoms with van der Waals surface area (Å²) < 4.78 is 11.4. The maximum Gasteiger partial charge on any atom is 0.306 e. The molecule has 0 saturated carbocycles. The average Bonchev–Trinajstić information content (AvgIpc) is 3.29. The van der Waals surface area contributed by atoms with Gasteiger partial charge in [-0.3, -0.25) is 9.59 Å². The van der Waals surface area contributed by atoms with Crippen molar-refractivity contribution in [1.29, 1.82) is 0 Å². The summed E-state index contributed by atoms with van der Waals surface area (Å²) >= 11 is 4.74. The minimum Gasteiger partial charge on any atom is -0.462 e. The zero-order chi connectivity index (χ0) is 17.6. The van der Waals surface area contributed by atoms with Crippen molar-refractivity contribution in [2.45, 2.75) is 19.4 Å². The van der Waals surface area contributed by atoms with Crippen molar-refractivity contribution >= 4 is 39.0 Å². The molecule has 0 atom stereocenters. The summed E-state index contributed by atoms with van der Waals surface area (Å²) in [4.78, 5) is 28.2. The predicted octanol–water partition coefficient (Wildman–Crippen LogP) is 4.87. The number of carbonyl (C=O) groups is 2. The second-order valence-electron chi connectivity index (χ2n) is 5.21. The van der Waals surface area contributed by atoms with Crippen molar-refractivity contribution in [3.05, 3.63) is 63.8 Å². The van der Waals surface area contributed by atoms with E-state index in [0.29, 0.717) is 17.0 Å². The number of Topliss-reactive ketones (excluding diaryl/α,β-unsaturated/α-hetero) is 1. The highest BCUT2D eigenvalue weighted by Gasteiger charge is 2.12. The molecule has 5 nitrogen and oxygen atoms in total. The number of carbonyl (C=O) groups excluding carboxylic acids is 2. The van der Waals surface area contributed by atoms with Crippen LogP contribution in [-0.4, -0.2) is 16.7 Å². The van der Waals surface area contributed by atoms with Crippen LogP contribution in [0.2, 0.25) is 0 Å². The maximum atomic E-state index is 12.0. The van der Waals surface area contributed by atoms with E-state index in [1.165, 1.54) is 11.3 Å². The maximum absolute atomic E-state index is 12.0. The number of rotatable bonds is 7. The number of furan rings is 1. The van der Waals surface area contributed by atoms with Gasteiger partial charge in [-0.25, -0.2) is 4.98 Å². The van der Waals surface area contributed by atoms with E-state index in [4.69, 9.17) is 9.15 Å². The Morgan fingerprint density at radius 1 is 1.16 bits per heavy atom. The van der Waals surface area contributed by atoms with Gasteiger partial charge in [-0.2, -0.15) is 0 Å². The Morgan fingerprint density at radius 2 is 1.96 bits per heavy atom. The molecule has 0 aliphatic carbocycles. The second-order valence-corrected chi connectivity index (χ2v) is 6.99. The minimum absolute atomic E-state index is 0.0457. The van der Waals surface area contributed by atoms with E-state index in [0.717, 1.165) is 9.48 Å². The van der Waals surface area contributed by atoms with Crippen LogP contribution in [0, 0.1) is 0 Å². The van der Waals surface area contributed by atoms with E-state index >= 15 is 0 Å². The molecular formula is C18H14BrNO4S. The molecule has 0 aliphatic rings. The standard InChI is InChI=1S/C18H14BrNO4S/c19-13-5-3-12(4-6-13)15(21)7-8-17(22)24-10-14-11-25-18(20-14)16-2-1-9-23-16/h1-6,9,11H,7-8,10H2. The van der Waals surface area contributed by atoms with Gasteiger partial charge in [-0.05, 0) is 24.3 Å². The van der Waals surface area contributed by atoms with Crippen molar-refractivity contribution in [1.82, 2.24) is 4.98 Å². The molecule has 128 valence electrons. The first-order valence-corrected chi connectivity index (χ1v) is 9.22. The lowest BCUT2D eigenvalue weighted by molar-refractivity contribution is -0.145. The molecule has 0 radical (unpaired) electrons. The summed E-state index contributed by atoms with van der Waals surface area (Å²) in [5.41, 5.74) is 1.24. The van der Waals surface area contributed by atoms with Crippen LogP contribution in [0.5, 0.6) is 0 Å². The van der Waals surface area contributed by atoms with Crippen LogP contribution in [-0.2, 0) is 16.1 Å². The van der Waals surface area contributed by atoms with Gasteiger partial charge in [0, 0.05) is 21.8 Å². The normalized spacial score (nSPS) is 10.6. The number of halogens is 1. The smallest absolute Gasteiger partial charge is 0.306 e. The SMILES string of the molecule is O=C(CCC(=O)c1ccc(Br)cc1)OCc1csc(-c2ccco2)n1. The van der Waals surface area contributed by atoms with Crippen LogP contribution >= 0.6 is 27.3 Å². The topological polar surface area (TPSA) is 69.4 Å². The Balaban J connectivity index is 1.45. The molecule has 7 heteroatoms. The summed E-state index contributed by atoms with van der Waals surface area (Å²) in [7, 11) is 0. The fourth-order valence-electron chi connectivity index (χ4n) is 2.11. The Kier molecular flexibility index (Phi) is 5.78. The molecule has 0 fully saturated rings. The first kappa shape index (κ1) is 17.6. The van der Waals surface area contributed by atoms with Gasteiger partial charge >= 0.3 is 5.97 Å². The number of esters is 1. The van der Waals surface area contributed by atoms with E-state index in [1.54, 1.807) is 36.6 Å². The zero-order valence-electron chi connectivity index (χ0n) is 13.1. The first-order chi connectivity index (χ1) is 12.1. The summed E-state index contributed by atoms with van der Waals surface area (Å²) in [6, 6.07) is 10.7. The van der Waals surface area contributed by atoms with Gasteiger partial charge in [0.2, 0.25) is 0 Å². The number of benzene rings is 1. The van der Waals surface area contributed by atoms with Crippen LogP contribution in [0.25, 0.3) is 10.8 Å². The van der Waals surface area contributed by atoms with Gasteiger partial charge in [0.15, 0.2) is 16.6 Å². The highest BCUT2D eigenvalue weighted by atomic mass is 79.9. The van der Waals surface area contributed by atoms with Crippen LogP contribution in [0.4, 0.5) is 0 Å². The van der Waals surface area contributed by atoms with Crippen molar-refractivity contribution in [3.63, 3.8) is 0 Å². The number of aromatic nitrogens is 1. The Labute approximate surface area is 156 Å². The zero-order valence-corrected chi connectivity index (χ0v) is 15.5. The number of nitrogens with zero attached hydrogens (tertiary/aromatic N) is 1. The summed E-state index contributed by atoms with van der Waals surface area (Å²) in [5.74, 6) is 0.180. The lowest BCUT2D eigenvalue weighted by Crippen LogP contribution is -2.08. The van der Waals surface area contributed by atoms with E-state index in [-0.39, 0.29) is 25.2 Å². The monoisotopic (exact) mass is 419 g/mol. The van der Waals surface area contributed by atoms with Crippen LogP contribution in [0.3, 0.4) is 0 Å². The average molecular weight is 420 g/mol. The van der Waals surface area contributed by atoms with Crippen molar-refractivity contribution in [2.75, 3.05) is 0 Å². The number of ether oxygens (including phenoxy) is 1. The highest BCUT2D eigenvalue weighted by Crippen LogP contribution is 2.24. The van der Waals surface area contributed by atoms with Crippen molar-refractivity contribution in [2.24, 2.45) is 0 Å². The summed E-state index contributed by atoms with van der Waals surface area (Å²) in [5, 5.41) is 2.56. The summed E-state index contributed by atoms with van der Waals surface area (Å²) in [6.45, 7) is 0.0858. The molecule has 0 spiro atoms. The Hall–Kier alpha value is -2.25. The van der Waals surface area contributed by atoms with E-state index in [9.17, 15) is 9.59 Å². The van der Waals surface area contributed by atoms with E-state index in [1.807, 2.05) is 11.4 Å². The van der Waals surface area contributed by atoms with Crippen LogP contribution < -0.4 is 0 Å². The molecule has 25 heavy (non-hydrogen) atoms. The number of thiazole rings is 1. The molecule has 0 aliphatic heterocycles. The molecule has 2 aromatic heterocycles. The number of ketones is 1. The molecule has 0 unspecified atom stereocenters. The van der Waals surface area contributed by atoms with Gasteiger partial charge in [0.05, 0.1) is 18.4 Å². The fourth-order valence-corrected chi connectivity index (χ4v) is 3.14. The molecule has 0 bridgehead atoms. The first-order valence-electron chi connectivity index (χ1n) is 7.54. The quantitative estimate of drug-likeness (QED) is 0.403. The summed E-state index contributed by atoms with van der Waals surface area (Å²) in [6.07, 6.45) is 1.75. The lowest BCUT2D eigenvalue weighted by atomic mass is 10.1. The minimum atomic E-state index is -0.419. The lowest BCUT2D eigenvalue weighted by Gasteiger charge is -2.03. The Morgan fingerprint density at radius 3 is 2.68 bits per heavy atom. The van der Waals surface area contributed by atoms with Gasteiger partial charge in [0.1, 0.15) is 6.61 Å². The Bertz CT molecular complexity index is 856. The van der Waals surface area contributed by atoms with Gasteiger partial charge < -0.3 is 9.15 Å². The molecule has 1 aromatic carbocycles. The van der Waals surface area contributed by atoms with Gasteiger partial charge in [0.25, 0.3) is 0 Å².